The van der Waals surface area contributed by atoms with Crippen LogP contribution in [0.5, 0.6) is 0 Å². The molecule has 0 bridgehead atoms. The first kappa shape index (κ1) is 18.2. The molecule has 0 amide bonds. The molecule has 0 aromatic heterocycles. The van der Waals surface area contributed by atoms with Crippen LogP contribution in [0, 0.1) is 0 Å². The zero-order chi connectivity index (χ0) is 14.2. The largest absolute Gasteiger partial charge is 0.435 e. The van der Waals surface area contributed by atoms with E-state index in [0.29, 0.717) is 0 Å². The summed E-state index contributed by atoms with van der Waals surface area (Å²) in [6.07, 6.45) is 19.5. The van der Waals surface area contributed by atoms with E-state index in [1.165, 1.54) is 83.8 Å². The molecule has 0 rings (SSSR count). The topological polar surface area (TPSA) is 26.3 Å². The minimum Gasteiger partial charge on any atom is -0.435 e. The van der Waals surface area contributed by atoms with Gasteiger partial charge in [-0.2, -0.15) is 0 Å². The quantitative estimate of drug-likeness (QED) is 0.241. The van der Waals surface area contributed by atoms with Crippen LogP contribution in [0.3, 0.4) is 0 Å². The van der Waals surface area contributed by atoms with Gasteiger partial charge in [-0.25, -0.2) is 0 Å². The summed E-state index contributed by atoms with van der Waals surface area (Å²) in [5.41, 5.74) is 0. The first-order valence-electron chi connectivity index (χ1n) is 8.09. The molecule has 0 saturated heterocycles. The van der Waals surface area contributed by atoms with Crippen molar-refractivity contribution in [2.45, 2.75) is 90.9 Å². The molecule has 0 aliphatic heterocycles. The van der Waals surface area contributed by atoms with Crippen molar-refractivity contribution in [3.63, 3.8) is 0 Å². The highest BCUT2D eigenvalue weighted by molar-refractivity contribution is 5.66. The molecule has 0 fully saturated rings. The fourth-order valence-corrected chi connectivity index (χ4v) is 2.14. The van der Waals surface area contributed by atoms with Crippen LogP contribution in [0.25, 0.3) is 0 Å². The maximum absolute atomic E-state index is 10.5. The molecule has 0 spiro atoms. The molecule has 0 aromatic carbocycles. The van der Waals surface area contributed by atoms with Crippen molar-refractivity contribution in [1.82, 2.24) is 0 Å². The molecule has 0 atom stereocenters. The number of hydrogen-bond donors (Lipinski definition) is 0. The Balaban J connectivity index is 3.02. The molecule has 0 unspecified atom stereocenters. The predicted octanol–water partition coefficient (Wildman–Crippen LogP) is 5.76. The molecular formula is C17H32O2. The molecule has 0 radical (unpaired) electrons. The van der Waals surface area contributed by atoms with Gasteiger partial charge in [-0.1, -0.05) is 71.1 Å². The van der Waals surface area contributed by atoms with Gasteiger partial charge >= 0.3 is 5.97 Å². The van der Waals surface area contributed by atoms with Crippen molar-refractivity contribution in [2.24, 2.45) is 0 Å². The number of carbonyl (C=O) groups is 1. The fourth-order valence-electron chi connectivity index (χ4n) is 2.14. The first-order valence-corrected chi connectivity index (χ1v) is 8.09. The number of rotatable bonds is 13. The summed E-state index contributed by atoms with van der Waals surface area (Å²) in [5, 5.41) is 0. The highest BCUT2D eigenvalue weighted by Gasteiger charge is 1.92. The second-order valence-corrected chi connectivity index (χ2v) is 5.31. The van der Waals surface area contributed by atoms with E-state index < -0.39 is 0 Å². The molecule has 19 heavy (non-hydrogen) atoms. The molecule has 0 aliphatic carbocycles. The van der Waals surface area contributed by atoms with Gasteiger partial charge in [0.25, 0.3) is 0 Å². The predicted molar refractivity (Wildman–Crippen MR) is 82.0 cm³/mol. The van der Waals surface area contributed by atoms with Crippen molar-refractivity contribution < 1.29 is 9.53 Å². The van der Waals surface area contributed by atoms with Crippen LogP contribution in [0.15, 0.2) is 12.3 Å². The Kier molecular flexibility index (Phi) is 14.6. The van der Waals surface area contributed by atoms with E-state index in [4.69, 9.17) is 4.74 Å². The molecule has 0 aromatic rings. The van der Waals surface area contributed by atoms with Gasteiger partial charge in [0, 0.05) is 6.92 Å². The van der Waals surface area contributed by atoms with E-state index in [1.54, 1.807) is 0 Å². The Morgan fingerprint density at radius 3 is 1.79 bits per heavy atom. The first-order chi connectivity index (χ1) is 9.27. The maximum Gasteiger partial charge on any atom is 0.307 e. The summed E-state index contributed by atoms with van der Waals surface area (Å²) in [5.74, 6) is -0.241. The van der Waals surface area contributed by atoms with E-state index in [0.717, 1.165) is 6.42 Å². The lowest BCUT2D eigenvalue weighted by atomic mass is 10.1. The second kappa shape index (κ2) is 15.3. The van der Waals surface area contributed by atoms with Crippen LogP contribution < -0.4 is 0 Å². The van der Waals surface area contributed by atoms with Crippen molar-refractivity contribution in [1.29, 1.82) is 0 Å². The highest BCUT2D eigenvalue weighted by Crippen LogP contribution is 2.11. The Hall–Kier alpha value is -0.790. The van der Waals surface area contributed by atoms with Gasteiger partial charge in [-0.3, -0.25) is 4.79 Å². The lowest BCUT2D eigenvalue weighted by Crippen LogP contribution is -1.89. The zero-order valence-electron chi connectivity index (χ0n) is 13.0. The average Bonchev–Trinajstić information content (AvgIpc) is 2.39. The van der Waals surface area contributed by atoms with Crippen LogP contribution in [-0.2, 0) is 9.53 Å². The van der Waals surface area contributed by atoms with Gasteiger partial charge in [-0.05, 0) is 18.9 Å². The number of hydrogen-bond acceptors (Lipinski definition) is 2. The van der Waals surface area contributed by atoms with Gasteiger partial charge < -0.3 is 4.74 Å². The summed E-state index contributed by atoms with van der Waals surface area (Å²) in [4.78, 5) is 10.5. The van der Waals surface area contributed by atoms with Crippen LogP contribution >= 0.6 is 0 Å². The van der Waals surface area contributed by atoms with Gasteiger partial charge in [0.05, 0.1) is 6.26 Å². The van der Waals surface area contributed by atoms with Gasteiger partial charge in [0.15, 0.2) is 0 Å². The molecule has 0 saturated carbocycles. The number of esters is 1. The van der Waals surface area contributed by atoms with Crippen LogP contribution in [0.4, 0.5) is 0 Å². The minimum absolute atomic E-state index is 0.241. The fraction of sp³-hybridized carbons (Fsp3) is 0.824. The standard InChI is InChI=1S/C17H32O2/c1-3-4-5-6-7-8-9-10-11-12-13-14-15-16-19-17(2)18/h15-16H,3-14H2,1-2H3/b16-15-. The smallest absolute Gasteiger partial charge is 0.307 e. The molecular weight excluding hydrogens is 236 g/mol. The van der Waals surface area contributed by atoms with E-state index in [9.17, 15) is 4.79 Å². The summed E-state index contributed by atoms with van der Waals surface area (Å²) >= 11 is 0. The minimum atomic E-state index is -0.241. The molecule has 0 heterocycles. The number of ether oxygens (including phenoxy) is 1. The SMILES string of the molecule is CCCCCCCCCCCCC/C=C\OC(C)=O. The highest BCUT2D eigenvalue weighted by atomic mass is 16.5. The summed E-state index contributed by atoms with van der Waals surface area (Å²) in [6.45, 7) is 3.69. The van der Waals surface area contributed by atoms with Crippen molar-refractivity contribution in [3.05, 3.63) is 12.3 Å². The van der Waals surface area contributed by atoms with E-state index in [1.807, 2.05) is 6.08 Å². The average molecular weight is 268 g/mol. The normalized spacial score (nSPS) is 11.1. The second-order valence-electron chi connectivity index (χ2n) is 5.31. The van der Waals surface area contributed by atoms with Gasteiger partial charge in [-0.15, -0.1) is 0 Å². The lowest BCUT2D eigenvalue weighted by molar-refractivity contribution is -0.135. The Labute approximate surface area is 119 Å². The molecule has 0 aliphatic rings. The Morgan fingerprint density at radius 1 is 0.842 bits per heavy atom. The molecule has 0 N–H and O–H groups in total. The maximum atomic E-state index is 10.5. The van der Waals surface area contributed by atoms with Crippen molar-refractivity contribution in [3.8, 4) is 0 Å². The van der Waals surface area contributed by atoms with E-state index >= 15 is 0 Å². The summed E-state index contributed by atoms with van der Waals surface area (Å²) < 4.78 is 4.72. The molecule has 2 heteroatoms. The third-order valence-electron chi connectivity index (χ3n) is 3.30. The molecule has 2 nitrogen and oxygen atoms in total. The lowest BCUT2D eigenvalue weighted by Gasteiger charge is -2.01. The number of unbranched alkanes of at least 4 members (excludes halogenated alkanes) is 11. The van der Waals surface area contributed by atoms with Crippen LogP contribution in [0.1, 0.15) is 90.9 Å². The monoisotopic (exact) mass is 268 g/mol. The van der Waals surface area contributed by atoms with E-state index in [-0.39, 0.29) is 5.97 Å². The Bertz CT molecular complexity index is 221. The van der Waals surface area contributed by atoms with Crippen molar-refractivity contribution in [2.75, 3.05) is 0 Å². The zero-order valence-corrected chi connectivity index (χ0v) is 13.0. The van der Waals surface area contributed by atoms with Gasteiger partial charge in [0.2, 0.25) is 0 Å². The van der Waals surface area contributed by atoms with Gasteiger partial charge in [0.1, 0.15) is 0 Å². The molecule has 112 valence electrons. The Morgan fingerprint density at radius 2 is 1.32 bits per heavy atom. The van der Waals surface area contributed by atoms with Crippen molar-refractivity contribution >= 4 is 5.97 Å². The third kappa shape index (κ3) is 17.2. The number of allylic oxidation sites excluding steroid dienone is 1. The summed E-state index contributed by atoms with van der Waals surface area (Å²) in [7, 11) is 0. The number of carbonyl (C=O) groups excluding carboxylic acids is 1. The third-order valence-corrected chi connectivity index (χ3v) is 3.30. The summed E-state index contributed by atoms with van der Waals surface area (Å²) in [6, 6.07) is 0. The van der Waals surface area contributed by atoms with Crippen LogP contribution in [0.2, 0.25) is 0 Å². The van der Waals surface area contributed by atoms with Crippen LogP contribution in [-0.4, -0.2) is 5.97 Å². The van der Waals surface area contributed by atoms with E-state index in [2.05, 4.69) is 6.92 Å².